The minimum Gasteiger partial charge on any atom is -0.385 e. The Bertz CT molecular complexity index is 924. The number of fused-ring (bicyclic) bond motifs is 3. The van der Waals surface area contributed by atoms with E-state index in [0.717, 1.165) is 41.3 Å². The zero-order valence-electron chi connectivity index (χ0n) is 15.5. The van der Waals surface area contributed by atoms with Crippen LogP contribution in [-0.2, 0) is 0 Å². The van der Waals surface area contributed by atoms with Crippen LogP contribution in [0.1, 0.15) is 25.6 Å². The van der Waals surface area contributed by atoms with Gasteiger partial charge in [-0.3, -0.25) is 0 Å². The lowest BCUT2D eigenvalue weighted by atomic mass is 10.1. The van der Waals surface area contributed by atoms with Crippen LogP contribution >= 0.6 is 0 Å². The molecule has 1 aliphatic heterocycles. The van der Waals surface area contributed by atoms with Gasteiger partial charge in [-0.05, 0) is 37.6 Å². The minimum atomic E-state index is -0.130. The Morgan fingerprint density at radius 1 is 0.889 bits per heavy atom. The highest BCUT2D eigenvalue weighted by molar-refractivity contribution is 5.84. The average Bonchev–Trinajstić information content (AvgIpc) is 2.85. The van der Waals surface area contributed by atoms with Gasteiger partial charge in [0.2, 0.25) is 5.95 Å². The summed E-state index contributed by atoms with van der Waals surface area (Å²) < 4.78 is 0. The van der Waals surface area contributed by atoms with E-state index in [4.69, 9.17) is 0 Å². The molecule has 7 nitrogen and oxygen atoms in total. The van der Waals surface area contributed by atoms with E-state index in [1.807, 2.05) is 31.2 Å². The first-order valence-corrected chi connectivity index (χ1v) is 9.23. The lowest BCUT2D eigenvalue weighted by Gasteiger charge is -2.21. The molecule has 0 amide bonds. The first-order valence-electron chi connectivity index (χ1n) is 9.23. The molecule has 0 fully saturated rings. The second-order valence-electron chi connectivity index (χ2n) is 6.28. The summed E-state index contributed by atoms with van der Waals surface area (Å²) >= 11 is 0. The monoisotopic (exact) mass is 361 g/mol. The average molecular weight is 361 g/mol. The maximum Gasteiger partial charge on any atom is 0.244 e. The van der Waals surface area contributed by atoms with E-state index in [1.165, 1.54) is 0 Å². The Hall–Kier alpha value is -3.35. The Labute approximate surface area is 158 Å². The van der Waals surface area contributed by atoms with Crippen molar-refractivity contribution in [3.8, 4) is 11.3 Å². The number of para-hydroxylation sites is 1. The standard InChI is InChI=1S/C20H23N7/c1-3-21-14-11-9-13(10-12-14)18-23-16-8-6-5-7-15(16)17-19(24-18)25-20(22-4-2)27-26-17/h5-12,18,21,23H,3-4H2,1-2H3,(H2,22,24,25,27). The summed E-state index contributed by atoms with van der Waals surface area (Å²) in [5.41, 5.74) is 4.94. The van der Waals surface area contributed by atoms with Crippen molar-refractivity contribution in [2.24, 2.45) is 0 Å². The highest BCUT2D eigenvalue weighted by Gasteiger charge is 2.23. The maximum absolute atomic E-state index is 4.64. The van der Waals surface area contributed by atoms with Crippen molar-refractivity contribution in [3.05, 3.63) is 54.1 Å². The number of nitrogens with one attached hydrogen (secondary N) is 4. The van der Waals surface area contributed by atoms with Gasteiger partial charge in [-0.15, -0.1) is 10.2 Å². The largest absolute Gasteiger partial charge is 0.385 e. The lowest BCUT2D eigenvalue weighted by Crippen LogP contribution is -2.19. The van der Waals surface area contributed by atoms with Gasteiger partial charge in [0, 0.05) is 30.0 Å². The highest BCUT2D eigenvalue weighted by Crippen LogP contribution is 2.37. The molecule has 7 heteroatoms. The van der Waals surface area contributed by atoms with E-state index in [0.29, 0.717) is 11.8 Å². The third kappa shape index (κ3) is 3.48. The van der Waals surface area contributed by atoms with Gasteiger partial charge in [-0.1, -0.05) is 30.3 Å². The van der Waals surface area contributed by atoms with E-state index in [-0.39, 0.29) is 6.17 Å². The van der Waals surface area contributed by atoms with Crippen LogP contribution in [0.4, 0.5) is 23.1 Å². The third-order valence-electron chi connectivity index (χ3n) is 4.41. The fourth-order valence-corrected chi connectivity index (χ4v) is 3.15. The number of rotatable bonds is 5. The van der Waals surface area contributed by atoms with Crippen molar-refractivity contribution in [1.29, 1.82) is 0 Å². The molecule has 0 spiro atoms. The Morgan fingerprint density at radius 2 is 1.67 bits per heavy atom. The topological polar surface area (TPSA) is 86.8 Å². The fourth-order valence-electron chi connectivity index (χ4n) is 3.15. The maximum atomic E-state index is 4.64. The van der Waals surface area contributed by atoms with Gasteiger partial charge in [0.25, 0.3) is 0 Å². The molecule has 4 rings (SSSR count). The quantitative estimate of drug-likeness (QED) is 0.547. The Balaban J connectivity index is 1.75. The molecule has 4 N–H and O–H groups in total. The van der Waals surface area contributed by atoms with Gasteiger partial charge in [0.05, 0.1) is 0 Å². The number of nitrogens with zero attached hydrogens (tertiary/aromatic N) is 3. The zero-order chi connectivity index (χ0) is 18.6. The zero-order valence-corrected chi connectivity index (χ0v) is 15.5. The molecule has 0 aliphatic carbocycles. The van der Waals surface area contributed by atoms with Crippen LogP contribution in [0.5, 0.6) is 0 Å². The lowest BCUT2D eigenvalue weighted by molar-refractivity contribution is 0.885. The molecule has 0 bridgehead atoms. The summed E-state index contributed by atoms with van der Waals surface area (Å²) in [5, 5.41) is 22.1. The number of anilines is 4. The van der Waals surface area contributed by atoms with Crippen molar-refractivity contribution in [1.82, 2.24) is 15.2 Å². The summed E-state index contributed by atoms with van der Waals surface area (Å²) in [6.45, 7) is 5.74. The predicted octanol–water partition coefficient (Wildman–Crippen LogP) is 3.94. The van der Waals surface area contributed by atoms with Gasteiger partial charge in [0.1, 0.15) is 11.9 Å². The van der Waals surface area contributed by atoms with Crippen molar-refractivity contribution in [2.45, 2.75) is 20.0 Å². The van der Waals surface area contributed by atoms with E-state index in [1.54, 1.807) is 0 Å². The Kier molecular flexibility index (Phi) is 4.74. The van der Waals surface area contributed by atoms with E-state index < -0.39 is 0 Å². The van der Waals surface area contributed by atoms with Crippen LogP contribution in [0.15, 0.2) is 48.5 Å². The first-order chi connectivity index (χ1) is 13.3. The second kappa shape index (κ2) is 7.49. The van der Waals surface area contributed by atoms with Crippen molar-refractivity contribution >= 4 is 23.1 Å². The molecule has 0 radical (unpaired) electrons. The van der Waals surface area contributed by atoms with Crippen molar-refractivity contribution in [2.75, 3.05) is 34.4 Å². The molecule has 2 heterocycles. The molecular formula is C20H23N7. The normalized spacial score (nSPS) is 14.8. The third-order valence-corrected chi connectivity index (χ3v) is 4.41. The molecule has 3 aromatic rings. The summed E-state index contributed by atoms with van der Waals surface area (Å²) in [4.78, 5) is 4.64. The van der Waals surface area contributed by atoms with Crippen LogP contribution in [0.3, 0.4) is 0 Å². The molecule has 1 unspecified atom stereocenters. The van der Waals surface area contributed by atoms with E-state index in [2.05, 4.69) is 67.6 Å². The summed E-state index contributed by atoms with van der Waals surface area (Å²) in [5.74, 6) is 1.23. The molecule has 1 atom stereocenters. The highest BCUT2D eigenvalue weighted by atomic mass is 15.3. The first kappa shape index (κ1) is 17.1. The number of aromatic nitrogens is 3. The van der Waals surface area contributed by atoms with Crippen LogP contribution in [0, 0.1) is 0 Å². The Morgan fingerprint density at radius 3 is 2.44 bits per heavy atom. The fraction of sp³-hybridized carbons (Fsp3) is 0.250. The summed E-state index contributed by atoms with van der Waals surface area (Å²) in [6.07, 6.45) is -0.130. The summed E-state index contributed by atoms with van der Waals surface area (Å²) in [6, 6.07) is 16.5. The molecule has 138 valence electrons. The van der Waals surface area contributed by atoms with Crippen molar-refractivity contribution in [3.63, 3.8) is 0 Å². The predicted molar refractivity (Wildman–Crippen MR) is 110 cm³/mol. The molecular weight excluding hydrogens is 338 g/mol. The van der Waals surface area contributed by atoms with Crippen molar-refractivity contribution < 1.29 is 0 Å². The number of hydrogen-bond donors (Lipinski definition) is 4. The van der Waals surface area contributed by atoms with Gasteiger partial charge < -0.3 is 21.3 Å². The number of benzene rings is 2. The van der Waals surface area contributed by atoms with Gasteiger partial charge in [-0.25, -0.2) is 0 Å². The minimum absolute atomic E-state index is 0.130. The molecule has 0 saturated heterocycles. The molecule has 2 aromatic carbocycles. The van der Waals surface area contributed by atoms with Crippen LogP contribution in [0.25, 0.3) is 11.3 Å². The second-order valence-corrected chi connectivity index (χ2v) is 6.28. The SMILES string of the molecule is CCNc1ccc(C2Nc3ccccc3-c3nnc(NCC)nc3N2)cc1. The van der Waals surface area contributed by atoms with Gasteiger partial charge in [-0.2, -0.15) is 4.98 Å². The molecule has 0 saturated carbocycles. The smallest absolute Gasteiger partial charge is 0.244 e. The van der Waals surface area contributed by atoms with E-state index in [9.17, 15) is 0 Å². The molecule has 1 aliphatic rings. The van der Waals surface area contributed by atoms with Crippen LogP contribution in [-0.4, -0.2) is 28.3 Å². The van der Waals surface area contributed by atoms with E-state index >= 15 is 0 Å². The van der Waals surface area contributed by atoms with Gasteiger partial charge >= 0.3 is 0 Å². The molecule has 27 heavy (non-hydrogen) atoms. The molecule has 1 aromatic heterocycles. The van der Waals surface area contributed by atoms with Crippen LogP contribution < -0.4 is 21.3 Å². The summed E-state index contributed by atoms with van der Waals surface area (Å²) in [7, 11) is 0. The van der Waals surface area contributed by atoms with Crippen LogP contribution in [0.2, 0.25) is 0 Å². The van der Waals surface area contributed by atoms with Gasteiger partial charge in [0.15, 0.2) is 5.82 Å². The number of hydrogen-bond acceptors (Lipinski definition) is 7.